The lowest BCUT2D eigenvalue weighted by Crippen LogP contribution is -2.09. The summed E-state index contributed by atoms with van der Waals surface area (Å²) in [7, 11) is 0. The second-order valence-electron chi connectivity index (χ2n) is 5.54. The third-order valence-corrected chi connectivity index (χ3v) is 5.21. The normalized spacial score (nSPS) is 30.0. The summed E-state index contributed by atoms with van der Waals surface area (Å²) in [6, 6.07) is 17.7. The highest BCUT2D eigenvalue weighted by Gasteiger charge is 2.57. The van der Waals surface area contributed by atoms with E-state index in [1.54, 1.807) is 0 Å². The highest BCUT2D eigenvalue weighted by Crippen LogP contribution is 2.50. The van der Waals surface area contributed by atoms with Gasteiger partial charge >= 0.3 is 0 Å². The number of rotatable bonds is 2. The van der Waals surface area contributed by atoms with Crippen LogP contribution >= 0.6 is 34.2 Å². The molecule has 2 aromatic carbocycles. The summed E-state index contributed by atoms with van der Waals surface area (Å²) >= 11 is 8.32. The first-order valence-electron chi connectivity index (χ1n) is 7.02. The Morgan fingerprint density at radius 1 is 1.00 bits per heavy atom. The van der Waals surface area contributed by atoms with E-state index in [0.717, 1.165) is 5.02 Å². The molecule has 1 unspecified atom stereocenters. The van der Waals surface area contributed by atoms with E-state index in [9.17, 15) is 0 Å². The van der Waals surface area contributed by atoms with E-state index in [1.807, 2.05) is 12.1 Å². The van der Waals surface area contributed by atoms with E-state index in [1.165, 1.54) is 20.4 Å². The zero-order valence-electron chi connectivity index (χ0n) is 11.5. The van der Waals surface area contributed by atoms with Crippen LogP contribution in [0.4, 0.5) is 0 Å². The lowest BCUT2D eigenvalue weighted by atomic mass is 10.0. The average molecular weight is 409 g/mol. The molecule has 4 rings (SSSR count). The molecule has 1 saturated heterocycles. The van der Waals surface area contributed by atoms with Gasteiger partial charge < -0.3 is 0 Å². The zero-order chi connectivity index (χ0) is 14.6. The first-order valence-corrected chi connectivity index (χ1v) is 8.47. The lowest BCUT2D eigenvalue weighted by Gasteiger charge is -2.09. The molecule has 21 heavy (non-hydrogen) atoms. The summed E-state index contributed by atoms with van der Waals surface area (Å²) in [4.78, 5) is 7.28. The molecule has 4 atom stereocenters. The predicted molar refractivity (Wildman–Crippen MR) is 95.0 cm³/mol. The number of fused-ring (bicyclic) bond motifs is 1. The number of hydrogen-bond donors (Lipinski definition) is 0. The van der Waals surface area contributed by atoms with Crippen molar-refractivity contribution in [3.63, 3.8) is 0 Å². The number of benzene rings is 2. The van der Waals surface area contributed by atoms with Crippen LogP contribution in [0.25, 0.3) is 0 Å². The third kappa shape index (κ3) is 2.31. The quantitative estimate of drug-likeness (QED) is 0.527. The van der Waals surface area contributed by atoms with E-state index in [0.29, 0.717) is 12.1 Å². The maximum Gasteiger partial charge on any atom is 0.101 e. The lowest BCUT2D eigenvalue weighted by molar-refractivity contribution is 0.419. The van der Waals surface area contributed by atoms with Crippen molar-refractivity contribution in [1.82, 2.24) is 4.90 Å². The molecule has 0 radical (unpaired) electrons. The minimum Gasteiger partial charge on any atom is -0.269 e. The predicted octanol–water partition coefficient (Wildman–Crippen LogP) is 4.52. The minimum absolute atomic E-state index is 0.255. The van der Waals surface area contributed by atoms with Gasteiger partial charge in [-0.2, -0.15) is 0 Å². The third-order valence-electron chi connectivity index (χ3n) is 4.24. The summed E-state index contributed by atoms with van der Waals surface area (Å²) in [5, 5.41) is 0.791. The molecule has 0 aliphatic carbocycles. The monoisotopic (exact) mass is 408 g/mol. The molecule has 0 bridgehead atoms. The molecule has 0 saturated carbocycles. The molecule has 4 heteroatoms. The second kappa shape index (κ2) is 5.07. The molecule has 1 fully saturated rings. The molecule has 0 spiro atoms. The van der Waals surface area contributed by atoms with Gasteiger partial charge in [0.15, 0.2) is 0 Å². The largest absolute Gasteiger partial charge is 0.269 e. The maximum absolute atomic E-state index is 5.99. The van der Waals surface area contributed by atoms with Crippen LogP contribution in [0.15, 0.2) is 53.5 Å². The van der Waals surface area contributed by atoms with E-state index >= 15 is 0 Å². The van der Waals surface area contributed by atoms with Crippen molar-refractivity contribution in [3.05, 3.63) is 68.3 Å². The Morgan fingerprint density at radius 2 is 1.67 bits per heavy atom. The van der Waals surface area contributed by atoms with Crippen molar-refractivity contribution in [2.24, 2.45) is 4.99 Å². The molecule has 2 aliphatic heterocycles. The van der Waals surface area contributed by atoms with Crippen molar-refractivity contribution >= 4 is 39.9 Å². The first-order chi connectivity index (χ1) is 10.1. The molecule has 2 nitrogen and oxygen atoms in total. The van der Waals surface area contributed by atoms with Crippen LogP contribution in [-0.4, -0.2) is 22.8 Å². The van der Waals surface area contributed by atoms with E-state index in [-0.39, 0.29) is 6.17 Å². The number of aliphatic imine (C=N–C) groups is 1. The van der Waals surface area contributed by atoms with Crippen molar-refractivity contribution in [2.75, 3.05) is 0 Å². The van der Waals surface area contributed by atoms with Crippen molar-refractivity contribution in [1.29, 1.82) is 0 Å². The van der Waals surface area contributed by atoms with Crippen LogP contribution < -0.4 is 0 Å². The number of halogens is 2. The van der Waals surface area contributed by atoms with Crippen molar-refractivity contribution in [3.8, 4) is 0 Å². The Labute approximate surface area is 143 Å². The van der Waals surface area contributed by atoms with Crippen LogP contribution in [0, 0.1) is 3.57 Å². The smallest absolute Gasteiger partial charge is 0.101 e. The minimum atomic E-state index is 0.255. The molecular weight excluding hydrogens is 395 g/mol. The van der Waals surface area contributed by atoms with Gasteiger partial charge in [-0.05, 0) is 64.9 Å². The summed E-state index contributed by atoms with van der Waals surface area (Å²) in [6.07, 6.45) is 0.255. The Hall–Kier alpha value is -0.910. The van der Waals surface area contributed by atoms with Gasteiger partial charge in [0, 0.05) is 8.59 Å². The van der Waals surface area contributed by atoms with Crippen molar-refractivity contribution in [2.45, 2.75) is 25.2 Å². The van der Waals surface area contributed by atoms with Crippen LogP contribution in [0.2, 0.25) is 5.02 Å². The molecule has 0 N–H and O–H groups in total. The summed E-state index contributed by atoms with van der Waals surface area (Å²) < 4.78 is 1.25. The van der Waals surface area contributed by atoms with Gasteiger partial charge in [0.2, 0.25) is 0 Å². The molecule has 2 heterocycles. The Morgan fingerprint density at radius 3 is 2.33 bits per heavy atom. The standard InChI is InChI=1S/C17H14ClIN2/c1-10-20-15(11-4-8-14(19)9-5-11)17-16(21(10)17)12-2-6-13(18)7-3-12/h2-10,16-17H,1H3/t10-,16-,17-,21?/m1/s1. The van der Waals surface area contributed by atoms with Crippen LogP contribution in [-0.2, 0) is 0 Å². The van der Waals surface area contributed by atoms with Crippen molar-refractivity contribution < 1.29 is 0 Å². The first kappa shape index (κ1) is 13.7. The van der Waals surface area contributed by atoms with Gasteiger partial charge in [-0.25, -0.2) is 0 Å². The van der Waals surface area contributed by atoms with Crippen LogP contribution in [0.1, 0.15) is 24.1 Å². The Kier molecular flexibility index (Phi) is 3.32. The average Bonchev–Trinajstić information content (AvgIpc) is 3.13. The van der Waals surface area contributed by atoms with E-state index < -0.39 is 0 Å². The highest BCUT2D eigenvalue weighted by atomic mass is 127. The molecule has 0 amide bonds. The Bertz CT molecular complexity index is 709. The van der Waals surface area contributed by atoms with Gasteiger partial charge in [-0.15, -0.1) is 0 Å². The molecular formula is C17H14ClIN2. The molecule has 106 valence electrons. The summed E-state index contributed by atoms with van der Waals surface area (Å²) in [6.45, 7) is 2.17. The molecule has 2 aliphatic rings. The Balaban J connectivity index is 1.65. The molecule has 2 aromatic rings. The topological polar surface area (TPSA) is 15.4 Å². The summed E-state index contributed by atoms with van der Waals surface area (Å²) in [5.74, 6) is 0. The van der Waals surface area contributed by atoms with E-state index in [4.69, 9.17) is 16.6 Å². The van der Waals surface area contributed by atoms with Crippen LogP contribution in [0.3, 0.4) is 0 Å². The number of hydrogen-bond acceptors (Lipinski definition) is 2. The number of nitrogens with zero attached hydrogens (tertiary/aromatic N) is 2. The van der Waals surface area contributed by atoms with E-state index in [2.05, 4.69) is 70.8 Å². The fourth-order valence-electron chi connectivity index (χ4n) is 3.23. The second-order valence-corrected chi connectivity index (χ2v) is 7.22. The highest BCUT2D eigenvalue weighted by molar-refractivity contribution is 14.1. The van der Waals surface area contributed by atoms with Gasteiger partial charge in [0.25, 0.3) is 0 Å². The summed E-state index contributed by atoms with van der Waals surface area (Å²) in [5.41, 5.74) is 3.79. The zero-order valence-corrected chi connectivity index (χ0v) is 14.4. The molecule has 0 aromatic heterocycles. The van der Waals surface area contributed by atoms with Gasteiger partial charge in [-0.3, -0.25) is 9.89 Å². The fraction of sp³-hybridized carbons (Fsp3) is 0.235. The maximum atomic E-state index is 5.99. The van der Waals surface area contributed by atoms with Gasteiger partial charge in [0.1, 0.15) is 6.17 Å². The van der Waals surface area contributed by atoms with Gasteiger partial charge in [-0.1, -0.05) is 35.9 Å². The SMILES string of the molecule is C[C@@H]1N=C(c2ccc(I)cc2)[C@@H]2[C@@H](c3ccc(Cl)cc3)N12. The van der Waals surface area contributed by atoms with Crippen LogP contribution in [0.5, 0.6) is 0 Å². The fourth-order valence-corrected chi connectivity index (χ4v) is 3.71. The van der Waals surface area contributed by atoms with Gasteiger partial charge in [0.05, 0.1) is 17.8 Å².